The number of nitrogens with one attached hydrogen (secondary N) is 1. The smallest absolute Gasteiger partial charge is 0.161 e. The van der Waals surface area contributed by atoms with E-state index in [0.29, 0.717) is 6.61 Å². The maximum atomic E-state index is 9.25. The molecule has 116 valence electrons. The summed E-state index contributed by atoms with van der Waals surface area (Å²) in [4.78, 5) is 0. The molecule has 4 heteroatoms. The fraction of sp³-hybridized carbons (Fsp3) is 0.588. The molecule has 0 radical (unpaired) electrons. The third kappa shape index (κ3) is 6.05. The Kier molecular flexibility index (Phi) is 7.63. The maximum Gasteiger partial charge on any atom is 0.161 e. The number of nitriles is 1. The van der Waals surface area contributed by atoms with Crippen molar-refractivity contribution >= 4 is 0 Å². The molecule has 0 aliphatic rings. The average Bonchev–Trinajstić information content (AvgIpc) is 2.53. The van der Waals surface area contributed by atoms with Crippen molar-refractivity contribution in [1.29, 1.82) is 5.26 Å². The van der Waals surface area contributed by atoms with E-state index in [1.807, 2.05) is 31.2 Å². The third-order valence-corrected chi connectivity index (χ3v) is 3.41. The average molecular weight is 290 g/mol. The molecule has 0 saturated carbocycles. The number of rotatable bonds is 10. The molecule has 0 aliphatic heterocycles. The molecule has 0 heterocycles. The minimum Gasteiger partial charge on any atom is -0.493 e. The topological polar surface area (TPSA) is 54.3 Å². The Morgan fingerprint density at radius 3 is 2.57 bits per heavy atom. The lowest BCUT2D eigenvalue weighted by molar-refractivity contribution is 0.278. The van der Waals surface area contributed by atoms with Crippen molar-refractivity contribution < 1.29 is 9.47 Å². The first-order valence-electron chi connectivity index (χ1n) is 7.57. The fourth-order valence-corrected chi connectivity index (χ4v) is 2.09. The Bertz CT molecular complexity index is 456. The molecular formula is C17H26N2O2. The van der Waals surface area contributed by atoms with Gasteiger partial charge in [0, 0.05) is 0 Å². The minimum atomic E-state index is -0.430. The highest BCUT2D eigenvalue weighted by Crippen LogP contribution is 2.26. The number of hydrogen-bond donors (Lipinski definition) is 1. The lowest BCUT2D eigenvalue weighted by Gasteiger charge is -2.23. The van der Waals surface area contributed by atoms with Gasteiger partial charge in [0.1, 0.15) is 5.54 Å². The third-order valence-electron chi connectivity index (χ3n) is 3.41. The van der Waals surface area contributed by atoms with Crippen LogP contribution in [0.25, 0.3) is 0 Å². The van der Waals surface area contributed by atoms with E-state index in [9.17, 15) is 5.26 Å². The Morgan fingerprint density at radius 1 is 1.24 bits per heavy atom. The highest BCUT2D eigenvalue weighted by Gasteiger charge is 2.21. The van der Waals surface area contributed by atoms with Gasteiger partial charge in [-0.15, -0.1) is 0 Å². The van der Waals surface area contributed by atoms with Crippen molar-refractivity contribution in [2.24, 2.45) is 0 Å². The van der Waals surface area contributed by atoms with Gasteiger partial charge in [-0.25, -0.2) is 0 Å². The quantitative estimate of drug-likeness (QED) is 0.670. The summed E-state index contributed by atoms with van der Waals surface area (Å²) in [5.41, 5.74) is -0.430. The van der Waals surface area contributed by atoms with Gasteiger partial charge in [0.05, 0.1) is 19.8 Å². The van der Waals surface area contributed by atoms with Crippen LogP contribution in [0.3, 0.4) is 0 Å². The summed E-state index contributed by atoms with van der Waals surface area (Å²) in [5.74, 6) is 1.52. The number of ether oxygens (including phenoxy) is 2. The van der Waals surface area contributed by atoms with Crippen LogP contribution in [-0.4, -0.2) is 25.8 Å². The van der Waals surface area contributed by atoms with Gasteiger partial charge in [-0.05, 0) is 51.3 Å². The van der Waals surface area contributed by atoms with Gasteiger partial charge < -0.3 is 9.47 Å². The molecule has 4 nitrogen and oxygen atoms in total. The molecule has 0 saturated heterocycles. The van der Waals surface area contributed by atoms with E-state index >= 15 is 0 Å². The van der Waals surface area contributed by atoms with Crippen LogP contribution in [-0.2, 0) is 0 Å². The Balaban J connectivity index is 2.29. The molecular weight excluding hydrogens is 264 g/mol. The number of hydrogen-bond acceptors (Lipinski definition) is 4. The first kappa shape index (κ1) is 17.3. The van der Waals surface area contributed by atoms with Crippen LogP contribution in [0.1, 0.15) is 39.5 Å². The van der Waals surface area contributed by atoms with E-state index in [1.165, 1.54) is 0 Å². The first-order valence-corrected chi connectivity index (χ1v) is 7.57. The lowest BCUT2D eigenvalue weighted by Crippen LogP contribution is -2.41. The number of unbranched alkanes of at least 4 members (excludes halogenated alkanes) is 1. The first-order chi connectivity index (χ1) is 10.1. The zero-order chi connectivity index (χ0) is 15.6. The molecule has 1 atom stereocenters. The van der Waals surface area contributed by atoms with Gasteiger partial charge in [0.2, 0.25) is 0 Å². The molecule has 1 aromatic carbocycles. The second-order valence-electron chi connectivity index (χ2n) is 5.33. The second-order valence-corrected chi connectivity index (χ2v) is 5.33. The molecule has 0 spiro atoms. The van der Waals surface area contributed by atoms with Crippen LogP contribution in [0.15, 0.2) is 24.3 Å². The van der Waals surface area contributed by atoms with Crippen LogP contribution in [0.4, 0.5) is 0 Å². The predicted octanol–water partition coefficient (Wildman–Crippen LogP) is 3.53. The molecule has 0 bridgehead atoms. The van der Waals surface area contributed by atoms with E-state index in [0.717, 1.165) is 43.7 Å². The Labute approximate surface area is 128 Å². The van der Waals surface area contributed by atoms with Crippen molar-refractivity contribution in [2.45, 2.75) is 45.1 Å². The summed E-state index contributed by atoms with van der Waals surface area (Å²) in [7, 11) is 1.64. The monoisotopic (exact) mass is 290 g/mol. The molecule has 21 heavy (non-hydrogen) atoms. The molecule has 0 fully saturated rings. The van der Waals surface area contributed by atoms with Gasteiger partial charge >= 0.3 is 0 Å². The molecule has 1 N–H and O–H groups in total. The van der Waals surface area contributed by atoms with Crippen molar-refractivity contribution in [3.8, 4) is 17.6 Å². The summed E-state index contributed by atoms with van der Waals surface area (Å²) < 4.78 is 11.0. The molecule has 0 aliphatic carbocycles. The van der Waals surface area contributed by atoms with Crippen LogP contribution in [0, 0.1) is 11.3 Å². The molecule has 0 amide bonds. The van der Waals surface area contributed by atoms with E-state index in [2.05, 4.69) is 18.3 Å². The number of methoxy groups -OCH3 is 1. The van der Waals surface area contributed by atoms with Crippen molar-refractivity contribution in [1.82, 2.24) is 5.32 Å². The highest BCUT2D eigenvalue weighted by molar-refractivity contribution is 5.39. The zero-order valence-electron chi connectivity index (χ0n) is 13.3. The number of para-hydroxylation sites is 2. The summed E-state index contributed by atoms with van der Waals surface area (Å²) in [5, 5.41) is 12.6. The van der Waals surface area contributed by atoms with Crippen LogP contribution >= 0.6 is 0 Å². The van der Waals surface area contributed by atoms with Crippen molar-refractivity contribution in [3.63, 3.8) is 0 Å². The predicted molar refractivity (Wildman–Crippen MR) is 84.7 cm³/mol. The fourth-order valence-electron chi connectivity index (χ4n) is 2.09. The van der Waals surface area contributed by atoms with E-state index in [1.54, 1.807) is 7.11 Å². The van der Waals surface area contributed by atoms with Gasteiger partial charge in [0.25, 0.3) is 0 Å². The Morgan fingerprint density at radius 2 is 1.95 bits per heavy atom. The summed E-state index contributed by atoms with van der Waals surface area (Å²) >= 11 is 0. The summed E-state index contributed by atoms with van der Waals surface area (Å²) in [6.45, 7) is 5.58. The highest BCUT2D eigenvalue weighted by atomic mass is 16.5. The van der Waals surface area contributed by atoms with Gasteiger partial charge in [-0.1, -0.05) is 19.1 Å². The standard InChI is InChI=1S/C17H26N2O2/c1-4-12-19-17(2,14-18)11-7-8-13-21-16-10-6-5-9-15(16)20-3/h5-6,9-10,19H,4,7-8,11-13H2,1-3H3. The lowest BCUT2D eigenvalue weighted by atomic mass is 9.96. The molecule has 1 rings (SSSR count). The largest absolute Gasteiger partial charge is 0.493 e. The molecule has 1 aromatic rings. The number of nitrogens with zero attached hydrogens (tertiary/aromatic N) is 1. The van der Waals surface area contributed by atoms with E-state index < -0.39 is 5.54 Å². The van der Waals surface area contributed by atoms with Crippen LogP contribution < -0.4 is 14.8 Å². The van der Waals surface area contributed by atoms with Gasteiger partial charge in [0.15, 0.2) is 11.5 Å². The van der Waals surface area contributed by atoms with E-state index in [-0.39, 0.29) is 0 Å². The Hall–Kier alpha value is -1.73. The normalized spacial score (nSPS) is 13.2. The molecule has 1 unspecified atom stereocenters. The van der Waals surface area contributed by atoms with Crippen LogP contribution in [0.5, 0.6) is 11.5 Å². The van der Waals surface area contributed by atoms with Gasteiger partial charge in [-0.3, -0.25) is 5.32 Å². The van der Waals surface area contributed by atoms with Crippen molar-refractivity contribution in [3.05, 3.63) is 24.3 Å². The zero-order valence-corrected chi connectivity index (χ0v) is 13.3. The molecule has 0 aromatic heterocycles. The minimum absolute atomic E-state index is 0.430. The SMILES string of the molecule is CCCNC(C)(C#N)CCCCOc1ccccc1OC. The maximum absolute atomic E-state index is 9.25. The van der Waals surface area contributed by atoms with Crippen LogP contribution in [0.2, 0.25) is 0 Å². The second kappa shape index (κ2) is 9.25. The summed E-state index contributed by atoms with van der Waals surface area (Å²) in [6.07, 6.45) is 3.74. The number of benzene rings is 1. The van der Waals surface area contributed by atoms with E-state index in [4.69, 9.17) is 9.47 Å². The summed E-state index contributed by atoms with van der Waals surface area (Å²) in [6, 6.07) is 10.0. The van der Waals surface area contributed by atoms with Gasteiger partial charge in [-0.2, -0.15) is 5.26 Å². The van der Waals surface area contributed by atoms with Crippen molar-refractivity contribution in [2.75, 3.05) is 20.3 Å².